The van der Waals surface area contributed by atoms with E-state index >= 15 is 0 Å². The molecular formula is C28H34N4O4. The summed E-state index contributed by atoms with van der Waals surface area (Å²) < 4.78 is 16.9. The minimum Gasteiger partial charge on any atom is -0.497 e. The van der Waals surface area contributed by atoms with Crippen molar-refractivity contribution in [2.24, 2.45) is 5.92 Å². The van der Waals surface area contributed by atoms with E-state index in [1.807, 2.05) is 24.3 Å². The summed E-state index contributed by atoms with van der Waals surface area (Å²) in [5, 5.41) is 7.47. The van der Waals surface area contributed by atoms with E-state index in [2.05, 4.69) is 59.3 Å². The number of carbonyl (C=O) groups excluding carboxylic acids is 1. The fourth-order valence-electron chi connectivity index (χ4n) is 5.16. The van der Waals surface area contributed by atoms with Crippen LogP contribution in [0.25, 0.3) is 11.4 Å². The molecule has 2 aromatic carbocycles. The maximum Gasteiger partial charge on any atom is 0.241 e. The largest absolute Gasteiger partial charge is 0.497 e. The molecule has 0 bridgehead atoms. The Hall–Kier alpha value is -3.39. The molecule has 1 amide bonds. The number of rotatable bonds is 6. The Morgan fingerprint density at radius 3 is 2.81 bits per heavy atom. The van der Waals surface area contributed by atoms with Crippen LogP contribution in [0.2, 0.25) is 0 Å². The number of hydrogen-bond acceptors (Lipinski definition) is 7. The Bertz CT molecular complexity index is 1220. The Morgan fingerprint density at radius 2 is 2.03 bits per heavy atom. The lowest BCUT2D eigenvalue weighted by Crippen LogP contribution is -2.46. The van der Waals surface area contributed by atoms with Crippen LogP contribution in [0.3, 0.4) is 0 Å². The smallest absolute Gasteiger partial charge is 0.241 e. The van der Waals surface area contributed by atoms with Crippen LogP contribution in [0.4, 0.5) is 0 Å². The minimum atomic E-state index is -0.336. The first-order valence-electron chi connectivity index (χ1n) is 12.6. The number of fused-ring (bicyclic) bond motifs is 1. The SMILES string of the molecule is COc1ccc(-c2noc(CN3CCCC(C(=O)NC4CC(C)(C)Oc5cc(C)ccc54)C3)n2)cc1. The van der Waals surface area contributed by atoms with Gasteiger partial charge in [0.25, 0.3) is 0 Å². The van der Waals surface area contributed by atoms with E-state index in [0.717, 1.165) is 54.0 Å². The lowest BCUT2D eigenvalue weighted by Gasteiger charge is -2.39. The molecule has 1 N–H and O–H groups in total. The molecule has 3 heterocycles. The molecule has 2 aliphatic rings. The molecule has 2 atom stereocenters. The van der Waals surface area contributed by atoms with Gasteiger partial charge in [0.15, 0.2) is 0 Å². The van der Waals surface area contributed by atoms with Gasteiger partial charge in [0.1, 0.15) is 17.1 Å². The van der Waals surface area contributed by atoms with Crippen molar-refractivity contribution < 1.29 is 18.8 Å². The maximum absolute atomic E-state index is 13.4. The number of amides is 1. The lowest BCUT2D eigenvalue weighted by molar-refractivity contribution is -0.128. The highest BCUT2D eigenvalue weighted by atomic mass is 16.5. The highest BCUT2D eigenvalue weighted by molar-refractivity contribution is 5.79. The van der Waals surface area contributed by atoms with Gasteiger partial charge in [0.05, 0.1) is 25.6 Å². The first-order valence-corrected chi connectivity index (χ1v) is 12.6. The van der Waals surface area contributed by atoms with Crippen LogP contribution in [-0.4, -0.2) is 46.7 Å². The molecule has 0 aliphatic carbocycles. The first kappa shape index (κ1) is 24.3. The second-order valence-corrected chi connectivity index (χ2v) is 10.5. The van der Waals surface area contributed by atoms with Crippen LogP contribution < -0.4 is 14.8 Å². The van der Waals surface area contributed by atoms with Crippen LogP contribution in [-0.2, 0) is 11.3 Å². The zero-order chi connectivity index (χ0) is 25.3. The molecule has 0 radical (unpaired) electrons. The van der Waals surface area contributed by atoms with E-state index in [1.54, 1.807) is 7.11 Å². The predicted octanol–water partition coefficient (Wildman–Crippen LogP) is 4.68. The molecule has 36 heavy (non-hydrogen) atoms. The summed E-state index contributed by atoms with van der Waals surface area (Å²) in [6.45, 7) is 8.29. The lowest BCUT2D eigenvalue weighted by atomic mass is 9.88. The Balaban J connectivity index is 1.22. The van der Waals surface area contributed by atoms with Gasteiger partial charge in [-0.05, 0) is 76.1 Å². The third-order valence-electron chi connectivity index (χ3n) is 6.99. The fourth-order valence-corrected chi connectivity index (χ4v) is 5.16. The second-order valence-electron chi connectivity index (χ2n) is 10.5. The number of carbonyl (C=O) groups is 1. The van der Waals surface area contributed by atoms with Gasteiger partial charge in [-0.3, -0.25) is 9.69 Å². The molecule has 1 fully saturated rings. The van der Waals surface area contributed by atoms with Crippen LogP contribution in [0.5, 0.6) is 11.5 Å². The number of hydrogen-bond donors (Lipinski definition) is 1. The molecule has 190 valence electrons. The van der Waals surface area contributed by atoms with E-state index in [0.29, 0.717) is 24.8 Å². The number of nitrogens with zero attached hydrogens (tertiary/aromatic N) is 3. The fraction of sp³-hybridized carbons (Fsp3) is 0.464. The average molecular weight is 491 g/mol. The summed E-state index contributed by atoms with van der Waals surface area (Å²) in [6.07, 6.45) is 2.56. The molecule has 0 saturated carbocycles. The molecule has 1 saturated heterocycles. The highest BCUT2D eigenvalue weighted by Gasteiger charge is 2.36. The van der Waals surface area contributed by atoms with Gasteiger partial charge in [0.2, 0.25) is 17.6 Å². The summed E-state index contributed by atoms with van der Waals surface area (Å²) in [5.41, 5.74) is 2.74. The molecule has 1 aromatic heterocycles. The van der Waals surface area contributed by atoms with Crippen molar-refractivity contribution in [3.63, 3.8) is 0 Å². The Labute approximate surface area is 212 Å². The van der Waals surface area contributed by atoms with Crippen molar-refractivity contribution in [3.8, 4) is 22.9 Å². The van der Waals surface area contributed by atoms with Gasteiger partial charge in [-0.2, -0.15) is 4.98 Å². The van der Waals surface area contributed by atoms with Crippen molar-refractivity contribution in [2.75, 3.05) is 20.2 Å². The molecule has 8 heteroatoms. The van der Waals surface area contributed by atoms with Crippen molar-refractivity contribution in [1.29, 1.82) is 0 Å². The normalized spacial score (nSPS) is 21.3. The van der Waals surface area contributed by atoms with E-state index in [4.69, 9.17) is 14.0 Å². The molecule has 2 aliphatic heterocycles. The number of nitrogens with one attached hydrogen (secondary N) is 1. The molecule has 2 unspecified atom stereocenters. The Kier molecular flexibility index (Phi) is 6.71. The minimum absolute atomic E-state index is 0.0600. The van der Waals surface area contributed by atoms with Gasteiger partial charge >= 0.3 is 0 Å². The summed E-state index contributed by atoms with van der Waals surface area (Å²) in [6, 6.07) is 13.7. The molecular weight excluding hydrogens is 456 g/mol. The van der Waals surface area contributed by atoms with Gasteiger partial charge in [-0.25, -0.2) is 0 Å². The third kappa shape index (κ3) is 5.38. The number of aromatic nitrogens is 2. The third-order valence-corrected chi connectivity index (χ3v) is 6.99. The number of aryl methyl sites for hydroxylation is 1. The van der Waals surface area contributed by atoms with Gasteiger partial charge < -0.3 is 19.3 Å². The quantitative estimate of drug-likeness (QED) is 0.536. The van der Waals surface area contributed by atoms with Crippen LogP contribution in [0, 0.1) is 12.8 Å². The predicted molar refractivity (Wildman–Crippen MR) is 136 cm³/mol. The molecule has 3 aromatic rings. The van der Waals surface area contributed by atoms with Crippen molar-refractivity contribution in [2.45, 2.75) is 58.2 Å². The average Bonchev–Trinajstić information content (AvgIpc) is 3.31. The van der Waals surface area contributed by atoms with Crippen LogP contribution >= 0.6 is 0 Å². The van der Waals surface area contributed by atoms with Crippen molar-refractivity contribution >= 4 is 5.91 Å². The van der Waals surface area contributed by atoms with Crippen molar-refractivity contribution in [3.05, 3.63) is 59.5 Å². The number of ether oxygens (including phenoxy) is 2. The summed E-state index contributed by atoms with van der Waals surface area (Å²) in [7, 11) is 1.64. The number of benzene rings is 2. The van der Waals surface area contributed by atoms with Gasteiger partial charge in [0, 0.05) is 24.1 Å². The molecule has 8 nitrogen and oxygen atoms in total. The first-order chi connectivity index (χ1) is 17.3. The number of piperidine rings is 1. The van der Waals surface area contributed by atoms with Gasteiger partial charge in [-0.1, -0.05) is 17.3 Å². The van der Waals surface area contributed by atoms with E-state index < -0.39 is 0 Å². The molecule has 0 spiro atoms. The van der Waals surface area contributed by atoms with Crippen LogP contribution in [0.15, 0.2) is 47.0 Å². The number of likely N-dealkylation sites (tertiary alicyclic amines) is 1. The van der Waals surface area contributed by atoms with E-state index in [-0.39, 0.29) is 23.5 Å². The maximum atomic E-state index is 13.4. The van der Waals surface area contributed by atoms with Gasteiger partial charge in [-0.15, -0.1) is 0 Å². The topological polar surface area (TPSA) is 89.7 Å². The number of methoxy groups -OCH3 is 1. The summed E-state index contributed by atoms with van der Waals surface area (Å²) >= 11 is 0. The van der Waals surface area contributed by atoms with Crippen molar-refractivity contribution in [1.82, 2.24) is 20.4 Å². The van der Waals surface area contributed by atoms with E-state index in [1.165, 1.54) is 0 Å². The zero-order valence-electron chi connectivity index (χ0n) is 21.4. The standard InChI is InChI=1S/C28H34N4O4/c1-18-7-12-22-23(15-28(2,3)35-24(22)14-18)29-27(33)20-6-5-13-32(16-20)17-25-30-26(31-36-25)19-8-10-21(34-4)11-9-19/h7-12,14,20,23H,5-6,13,15-17H2,1-4H3,(H,29,33). The van der Waals surface area contributed by atoms with Crippen LogP contribution in [0.1, 0.15) is 56.2 Å². The highest BCUT2D eigenvalue weighted by Crippen LogP contribution is 2.40. The second kappa shape index (κ2) is 9.93. The zero-order valence-corrected chi connectivity index (χ0v) is 21.4. The Morgan fingerprint density at radius 1 is 1.22 bits per heavy atom. The summed E-state index contributed by atoms with van der Waals surface area (Å²) in [4.78, 5) is 20.1. The van der Waals surface area contributed by atoms with E-state index in [9.17, 15) is 4.79 Å². The summed E-state index contributed by atoms with van der Waals surface area (Å²) in [5.74, 6) is 2.77. The monoisotopic (exact) mass is 490 g/mol. The molecule has 5 rings (SSSR count).